The Labute approximate surface area is 210 Å². The zero-order valence-electron chi connectivity index (χ0n) is 21.1. The molecule has 2 aliphatic heterocycles. The first kappa shape index (κ1) is 27.1. The van der Waals surface area contributed by atoms with Crippen molar-refractivity contribution in [1.82, 2.24) is 15.1 Å². The van der Waals surface area contributed by atoms with Crippen LogP contribution in [0.25, 0.3) is 0 Å². The van der Waals surface area contributed by atoms with Crippen molar-refractivity contribution in [3.05, 3.63) is 23.0 Å². The second-order valence-electron chi connectivity index (χ2n) is 8.83. The number of nitrogens with zero attached hydrogens (tertiary/aromatic N) is 5. The fourth-order valence-corrected chi connectivity index (χ4v) is 5.20. The Balaban J connectivity index is 1.98. The molecule has 3 heterocycles. The third-order valence-corrected chi connectivity index (χ3v) is 7.34. The smallest absolute Gasteiger partial charge is 0.325 e. The van der Waals surface area contributed by atoms with Crippen molar-refractivity contribution >= 4 is 35.2 Å². The molecule has 0 saturated carbocycles. The highest BCUT2D eigenvalue weighted by molar-refractivity contribution is 7.98. The van der Waals surface area contributed by atoms with Crippen molar-refractivity contribution in [2.45, 2.75) is 45.3 Å². The van der Waals surface area contributed by atoms with Gasteiger partial charge in [0.15, 0.2) is 5.69 Å². The summed E-state index contributed by atoms with van der Waals surface area (Å²) < 4.78 is 10.9. The fourth-order valence-electron chi connectivity index (χ4n) is 4.78. The van der Waals surface area contributed by atoms with Crippen molar-refractivity contribution < 1.29 is 24.2 Å². The molecule has 1 saturated heterocycles. The number of carbonyl (C=O) groups excluding carboxylic acids is 1. The van der Waals surface area contributed by atoms with Gasteiger partial charge in [0, 0.05) is 26.1 Å². The first-order valence-electron chi connectivity index (χ1n) is 11.9. The normalized spacial score (nSPS) is 25.6. The maximum Gasteiger partial charge on any atom is 0.325 e. The molecule has 1 N–H and O–H groups in total. The standard InChI is InChI=1S/C24H35N5O5S/c1-6-17-14(2)20(26-23(34-4)22(17)25-12-19(30)31)21-15(8-10-35-5)11-18(27-28-21)24(32)29-9-7-16(13-29)33-3/h11,14,16-17,20H,6-10,12-13H2,1-5H3,(H,30,31). The fraction of sp³-hybridized carbons (Fsp3) is 0.667. The van der Waals surface area contributed by atoms with Crippen LogP contribution in [0.4, 0.5) is 0 Å². The van der Waals surface area contributed by atoms with Crippen LogP contribution in [-0.4, -0.2) is 95.7 Å². The summed E-state index contributed by atoms with van der Waals surface area (Å²) in [6, 6.07) is 1.52. The van der Waals surface area contributed by atoms with Crippen LogP contribution in [-0.2, 0) is 20.7 Å². The summed E-state index contributed by atoms with van der Waals surface area (Å²) >= 11 is 1.72. The number of hydrogen-bond acceptors (Lipinski definition) is 9. The predicted octanol–water partition coefficient (Wildman–Crippen LogP) is 2.53. The Morgan fingerprint density at radius 3 is 2.69 bits per heavy atom. The lowest BCUT2D eigenvalue weighted by molar-refractivity contribution is -0.135. The lowest BCUT2D eigenvalue weighted by atomic mass is 9.78. The second kappa shape index (κ2) is 12.4. The average Bonchev–Trinajstić information content (AvgIpc) is 3.35. The van der Waals surface area contributed by atoms with Gasteiger partial charge in [0.1, 0.15) is 18.3 Å². The SMILES string of the molecule is CCC1C(=NCC(=O)O)C(OC)=NC(c2nnc(C(=O)N3CCC(OC)C3)cc2CCSC)C1C. The number of aliphatic carboxylic acids is 1. The molecule has 0 bridgehead atoms. The summed E-state index contributed by atoms with van der Waals surface area (Å²) in [4.78, 5) is 35.1. The highest BCUT2D eigenvalue weighted by atomic mass is 32.2. The summed E-state index contributed by atoms with van der Waals surface area (Å²) in [5, 5.41) is 18.0. The average molecular weight is 506 g/mol. The molecule has 35 heavy (non-hydrogen) atoms. The molecule has 1 aromatic heterocycles. The first-order valence-corrected chi connectivity index (χ1v) is 13.3. The van der Waals surface area contributed by atoms with Gasteiger partial charge in [0.05, 0.1) is 18.9 Å². The molecule has 11 heteroatoms. The Hall–Kier alpha value is -2.53. The summed E-state index contributed by atoms with van der Waals surface area (Å²) in [6.07, 6.45) is 4.38. The Kier molecular flexibility index (Phi) is 9.62. The largest absolute Gasteiger partial charge is 0.480 e. The third-order valence-electron chi connectivity index (χ3n) is 6.72. The highest BCUT2D eigenvalue weighted by Crippen LogP contribution is 2.38. The van der Waals surface area contributed by atoms with Gasteiger partial charge in [0.25, 0.3) is 5.91 Å². The highest BCUT2D eigenvalue weighted by Gasteiger charge is 2.39. The number of aryl methyl sites for hydroxylation is 1. The molecule has 1 aromatic rings. The number of aromatic nitrogens is 2. The quantitative estimate of drug-likeness (QED) is 0.543. The predicted molar refractivity (Wildman–Crippen MR) is 136 cm³/mol. The van der Waals surface area contributed by atoms with E-state index in [2.05, 4.69) is 22.1 Å². The number of likely N-dealkylation sites (tertiary alicyclic amines) is 1. The molecule has 1 amide bonds. The molecule has 3 rings (SSSR count). The zero-order chi connectivity index (χ0) is 25.5. The van der Waals surface area contributed by atoms with E-state index in [-0.39, 0.29) is 36.4 Å². The van der Waals surface area contributed by atoms with Crippen molar-refractivity contribution in [3.63, 3.8) is 0 Å². The van der Waals surface area contributed by atoms with Gasteiger partial charge in [0.2, 0.25) is 5.90 Å². The van der Waals surface area contributed by atoms with Crippen LogP contribution >= 0.6 is 11.8 Å². The number of hydrogen-bond donors (Lipinski definition) is 1. The topological polar surface area (TPSA) is 127 Å². The first-order chi connectivity index (χ1) is 16.8. The minimum Gasteiger partial charge on any atom is -0.480 e. The van der Waals surface area contributed by atoms with E-state index in [9.17, 15) is 9.59 Å². The van der Waals surface area contributed by atoms with E-state index in [0.29, 0.717) is 30.4 Å². The van der Waals surface area contributed by atoms with Crippen LogP contribution in [0.3, 0.4) is 0 Å². The van der Waals surface area contributed by atoms with Crippen molar-refractivity contribution in [2.75, 3.05) is 45.9 Å². The Morgan fingerprint density at radius 1 is 1.31 bits per heavy atom. The summed E-state index contributed by atoms with van der Waals surface area (Å²) in [6.45, 7) is 4.97. The number of thioether (sulfide) groups is 1. The summed E-state index contributed by atoms with van der Waals surface area (Å²) in [5.74, 6) is 0.0165. The minimum absolute atomic E-state index is 0.00336. The van der Waals surface area contributed by atoms with Crippen LogP contribution in [0.2, 0.25) is 0 Å². The van der Waals surface area contributed by atoms with Gasteiger partial charge in [-0.1, -0.05) is 13.8 Å². The molecule has 10 nitrogen and oxygen atoms in total. The van der Waals surface area contributed by atoms with Gasteiger partial charge >= 0.3 is 5.97 Å². The van der Waals surface area contributed by atoms with E-state index >= 15 is 0 Å². The van der Waals surface area contributed by atoms with E-state index in [0.717, 1.165) is 36.3 Å². The van der Waals surface area contributed by atoms with E-state index in [1.165, 1.54) is 7.11 Å². The number of rotatable bonds is 9. The molecule has 0 spiro atoms. The number of aliphatic imine (C=N–C) groups is 2. The zero-order valence-corrected chi connectivity index (χ0v) is 21.9. The summed E-state index contributed by atoms with van der Waals surface area (Å²) in [7, 11) is 3.18. The Bertz CT molecular complexity index is 985. The number of carboxylic acids is 1. The van der Waals surface area contributed by atoms with Gasteiger partial charge in [-0.05, 0) is 48.8 Å². The van der Waals surface area contributed by atoms with Crippen LogP contribution in [0, 0.1) is 11.8 Å². The maximum atomic E-state index is 13.1. The third kappa shape index (κ3) is 6.19. The lowest BCUT2D eigenvalue weighted by Gasteiger charge is -2.34. The maximum absolute atomic E-state index is 13.1. The molecule has 192 valence electrons. The molecule has 0 radical (unpaired) electrons. The molecule has 0 aliphatic carbocycles. The molecular formula is C24H35N5O5S. The van der Waals surface area contributed by atoms with Crippen molar-refractivity contribution in [3.8, 4) is 0 Å². The number of ether oxygens (including phenoxy) is 2. The van der Waals surface area contributed by atoms with Crippen LogP contribution in [0.1, 0.15) is 54.5 Å². The number of amides is 1. The van der Waals surface area contributed by atoms with Gasteiger partial charge in [-0.3, -0.25) is 14.6 Å². The van der Waals surface area contributed by atoms with Crippen LogP contribution in [0.5, 0.6) is 0 Å². The molecule has 0 aromatic carbocycles. The van der Waals surface area contributed by atoms with Crippen LogP contribution < -0.4 is 0 Å². The lowest BCUT2D eigenvalue weighted by Crippen LogP contribution is -2.38. The second-order valence-corrected chi connectivity index (χ2v) is 9.82. The van der Waals surface area contributed by atoms with E-state index in [1.54, 1.807) is 23.8 Å². The molecule has 4 unspecified atom stereocenters. The Morgan fingerprint density at radius 2 is 2.09 bits per heavy atom. The molecular weight excluding hydrogens is 470 g/mol. The molecule has 4 atom stereocenters. The van der Waals surface area contributed by atoms with E-state index in [1.807, 2.05) is 19.2 Å². The number of carbonyl (C=O) groups is 2. The van der Waals surface area contributed by atoms with Crippen molar-refractivity contribution in [2.24, 2.45) is 21.8 Å². The monoisotopic (exact) mass is 505 g/mol. The minimum atomic E-state index is -1.00. The van der Waals surface area contributed by atoms with Crippen molar-refractivity contribution in [1.29, 1.82) is 0 Å². The van der Waals surface area contributed by atoms with Gasteiger partial charge in [-0.25, -0.2) is 4.99 Å². The summed E-state index contributed by atoms with van der Waals surface area (Å²) in [5.41, 5.74) is 2.58. The molecule has 2 aliphatic rings. The molecule has 1 fully saturated rings. The van der Waals surface area contributed by atoms with E-state index < -0.39 is 5.97 Å². The number of methoxy groups -OCH3 is 2. The number of carboxylic acid groups (broad SMARTS) is 1. The van der Waals surface area contributed by atoms with Gasteiger partial charge in [-0.2, -0.15) is 16.9 Å². The van der Waals surface area contributed by atoms with Crippen LogP contribution in [0.15, 0.2) is 16.1 Å². The van der Waals surface area contributed by atoms with E-state index in [4.69, 9.17) is 19.6 Å². The van der Waals surface area contributed by atoms with Gasteiger partial charge in [-0.15, -0.1) is 5.10 Å². The van der Waals surface area contributed by atoms with Gasteiger partial charge < -0.3 is 19.5 Å².